The topological polar surface area (TPSA) is 67.4 Å². The molecule has 0 aliphatic carbocycles. The Bertz CT molecular complexity index is 772. The number of amides is 2. The van der Waals surface area contributed by atoms with Crippen molar-refractivity contribution in [3.63, 3.8) is 0 Å². The van der Waals surface area contributed by atoms with E-state index >= 15 is 0 Å². The van der Waals surface area contributed by atoms with Gasteiger partial charge in [-0.25, -0.2) is 0 Å². The molecule has 0 heterocycles. The van der Waals surface area contributed by atoms with Crippen molar-refractivity contribution >= 4 is 11.8 Å². The van der Waals surface area contributed by atoms with Crippen LogP contribution >= 0.6 is 0 Å². The van der Waals surface area contributed by atoms with E-state index in [1.807, 2.05) is 0 Å². The molecule has 5 nitrogen and oxygen atoms in total. The van der Waals surface area contributed by atoms with Gasteiger partial charge < -0.3 is 15.4 Å². The van der Waals surface area contributed by atoms with Crippen LogP contribution < -0.4 is 15.4 Å². The van der Waals surface area contributed by atoms with Gasteiger partial charge in [-0.1, -0.05) is 12.1 Å². The summed E-state index contributed by atoms with van der Waals surface area (Å²) in [5.41, 5.74) is 0.357. The number of ether oxygens (including phenoxy) is 1. The summed E-state index contributed by atoms with van der Waals surface area (Å²) < 4.78 is 42.5. The molecule has 0 unspecified atom stereocenters. The van der Waals surface area contributed by atoms with Crippen LogP contribution in [0.15, 0.2) is 48.5 Å². The molecule has 0 spiro atoms. The van der Waals surface area contributed by atoms with Crippen LogP contribution in [0.5, 0.6) is 5.75 Å². The summed E-state index contributed by atoms with van der Waals surface area (Å²) in [4.78, 5) is 23.7. The lowest BCUT2D eigenvalue weighted by molar-refractivity contribution is -0.137. The van der Waals surface area contributed by atoms with Crippen molar-refractivity contribution in [3.8, 4) is 5.75 Å². The average molecular weight is 380 g/mol. The lowest BCUT2D eigenvalue weighted by Crippen LogP contribution is -2.37. The van der Waals surface area contributed by atoms with E-state index in [-0.39, 0.29) is 19.0 Å². The molecule has 2 aromatic carbocycles. The van der Waals surface area contributed by atoms with Gasteiger partial charge in [0.1, 0.15) is 5.75 Å². The van der Waals surface area contributed by atoms with Crippen LogP contribution in [0.2, 0.25) is 0 Å². The van der Waals surface area contributed by atoms with Crippen LogP contribution in [0.25, 0.3) is 0 Å². The van der Waals surface area contributed by atoms with Gasteiger partial charge in [-0.15, -0.1) is 0 Å². The van der Waals surface area contributed by atoms with Crippen molar-refractivity contribution in [1.82, 2.24) is 10.6 Å². The molecule has 27 heavy (non-hydrogen) atoms. The number of methoxy groups -OCH3 is 1. The third kappa shape index (κ3) is 6.32. The number of hydrogen-bond acceptors (Lipinski definition) is 3. The summed E-state index contributed by atoms with van der Waals surface area (Å²) in [5.74, 6) is -0.160. The lowest BCUT2D eigenvalue weighted by Gasteiger charge is -2.09. The van der Waals surface area contributed by atoms with Gasteiger partial charge in [-0.3, -0.25) is 9.59 Å². The lowest BCUT2D eigenvalue weighted by atomic mass is 10.1. The van der Waals surface area contributed by atoms with Crippen molar-refractivity contribution in [2.45, 2.75) is 12.6 Å². The second-order valence-corrected chi connectivity index (χ2v) is 5.71. The summed E-state index contributed by atoms with van der Waals surface area (Å²) in [7, 11) is 1.52. The van der Waals surface area contributed by atoms with Gasteiger partial charge in [0.25, 0.3) is 5.91 Å². The van der Waals surface area contributed by atoms with E-state index in [9.17, 15) is 22.8 Å². The van der Waals surface area contributed by atoms with Crippen LogP contribution in [0.3, 0.4) is 0 Å². The molecule has 0 aliphatic heterocycles. The van der Waals surface area contributed by atoms with Crippen molar-refractivity contribution in [3.05, 3.63) is 65.2 Å². The number of alkyl halides is 3. The largest absolute Gasteiger partial charge is 0.497 e. The number of carbonyl (C=O) groups excluding carboxylic acids is 2. The normalized spacial score (nSPS) is 11.0. The predicted molar refractivity (Wildman–Crippen MR) is 93.5 cm³/mol. The fourth-order valence-corrected chi connectivity index (χ4v) is 2.27. The van der Waals surface area contributed by atoms with E-state index in [0.717, 1.165) is 12.1 Å². The molecule has 2 rings (SSSR count). The summed E-state index contributed by atoms with van der Waals surface area (Å²) in [6, 6.07) is 11.2. The Hall–Kier alpha value is -3.03. The maximum absolute atomic E-state index is 12.5. The SMILES string of the molecule is COc1ccc(C(=O)NCC(=O)NCCc2ccc(C(F)(F)F)cc2)cc1. The molecule has 0 aliphatic rings. The Morgan fingerprint density at radius 1 is 0.963 bits per heavy atom. The minimum absolute atomic E-state index is 0.197. The zero-order chi connectivity index (χ0) is 19.9. The monoisotopic (exact) mass is 380 g/mol. The first kappa shape index (κ1) is 20.3. The molecule has 0 bridgehead atoms. The quantitative estimate of drug-likeness (QED) is 0.776. The maximum Gasteiger partial charge on any atom is 0.416 e. The van der Waals surface area contributed by atoms with E-state index in [4.69, 9.17) is 4.74 Å². The first-order valence-corrected chi connectivity index (χ1v) is 8.14. The smallest absolute Gasteiger partial charge is 0.416 e. The molecule has 2 N–H and O–H groups in total. The Balaban J connectivity index is 1.72. The molecule has 8 heteroatoms. The van der Waals surface area contributed by atoms with Crippen LogP contribution in [-0.4, -0.2) is 32.0 Å². The number of rotatable bonds is 7. The van der Waals surface area contributed by atoms with E-state index in [1.54, 1.807) is 24.3 Å². The van der Waals surface area contributed by atoms with Gasteiger partial charge in [-0.05, 0) is 48.4 Å². The molecular weight excluding hydrogens is 361 g/mol. The molecule has 0 fully saturated rings. The first-order valence-electron chi connectivity index (χ1n) is 8.14. The van der Waals surface area contributed by atoms with E-state index in [2.05, 4.69) is 10.6 Å². The van der Waals surface area contributed by atoms with Gasteiger partial charge in [-0.2, -0.15) is 13.2 Å². The number of benzene rings is 2. The van der Waals surface area contributed by atoms with Gasteiger partial charge in [0, 0.05) is 12.1 Å². The highest BCUT2D eigenvalue weighted by Gasteiger charge is 2.29. The zero-order valence-electron chi connectivity index (χ0n) is 14.6. The van der Waals surface area contributed by atoms with Gasteiger partial charge >= 0.3 is 6.18 Å². The molecule has 0 aromatic heterocycles. The van der Waals surface area contributed by atoms with Gasteiger partial charge in [0.2, 0.25) is 5.91 Å². The Labute approximate surface area is 154 Å². The molecule has 2 amide bonds. The Kier molecular flexibility index (Phi) is 6.81. The third-order valence-electron chi connectivity index (χ3n) is 3.78. The molecular formula is C19H19F3N2O3. The highest BCUT2D eigenvalue weighted by atomic mass is 19.4. The average Bonchev–Trinajstić information content (AvgIpc) is 2.66. The zero-order valence-corrected chi connectivity index (χ0v) is 14.6. The number of hydrogen-bond donors (Lipinski definition) is 2. The van der Waals surface area contributed by atoms with Gasteiger partial charge in [0.15, 0.2) is 0 Å². The Morgan fingerprint density at radius 3 is 2.15 bits per heavy atom. The molecule has 0 radical (unpaired) electrons. The molecule has 2 aromatic rings. The third-order valence-corrected chi connectivity index (χ3v) is 3.78. The van der Waals surface area contributed by atoms with Crippen LogP contribution in [0.4, 0.5) is 13.2 Å². The fourth-order valence-electron chi connectivity index (χ4n) is 2.27. The minimum Gasteiger partial charge on any atom is -0.497 e. The van der Waals surface area contributed by atoms with Crippen molar-refractivity contribution in [2.24, 2.45) is 0 Å². The minimum atomic E-state index is -4.37. The Morgan fingerprint density at radius 2 is 1.59 bits per heavy atom. The highest BCUT2D eigenvalue weighted by Crippen LogP contribution is 2.29. The standard InChI is InChI=1S/C19H19F3N2O3/c1-27-16-8-4-14(5-9-16)18(26)24-12-17(25)23-11-10-13-2-6-15(7-3-13)19(20,21)22/h2-9H,10-12H2,1H3,(H,23,25)(H,24,26). The van der Waals surface area contributed by atoms with E-state index < -0.39 is 17.6 Å². The van der Waals surface area contributed by atoms with E-state index in [1.165, 1.54) is 19.2 Å². The highest BCUT2D eigenvalue weighted by molar-refractivity contribution is 5.96. The molecule has 0 saturated carbocycles. The van der Waals surface area contributed by atoms with Crippen molar-refractivity contribution in [2.75, 3.05) is 20.2 Å². The summed E-state index contributed by atoms with van der Waals surface area (Å²) in [6.45, 7) is 0.0560. The number of halogens is 3. The maximum atomic E-state index is 12.5. The number of carbonyl (C=O) groups is 2. The first-order chi connectivity index (χ1) is 12.8. The van der Waals surface area contributed by atoms with Crippen molar-refractivity contribution < 1.29 is 27.5 Å². The predicted octanol–water partition coefficient (Wildman–Crippen LogP) is 2.80. The summed E-state index contributed by atoms with van der Waals surface area (Å²) >= 11 is 0. The summed E-state index contributed by atoms with van der Waals surface area (Å²) in [6.07, 6.45) is -3.98. The van der Waals surface area contributed by atoms with E-state index in [0.29, 0.717) is 23.3 Å². The van der Waals surface area contributed by atoms with Crippen LogP contribution in [-0.2, 0) is 17.4 Å². The van der Waals surface area contributed by atoms with Gasteiger partial charge in [0.05, 0.1) is 19.2 Å². The summed E-state index contributed by atoms with van der Waals surface area (Å²) in [5, 5.41) is 5.10. The molecule has 0 atom stereocenters. The molecule has 144 valence electrons. The number of nitrogens with one attached hydrogen (secondary N) is 2. The van der Waals surface area contributed by atoms with Crippen LogP contribution in [0.1, 0.15) is 21.5 Å². The second kappa shape index (κ2) is 9.07. The van der Waals surface area contributed by atoms with Crippen molar-refractivity contribution in [1.29, 1.82) is 0 Å². The van der Waals surface area contributed by atoms with Crippen LogP contribution in [0, 0.1) is 0 Å². The molecule has 0 saturated heterocycles. The fraction of sp³-hybridized carbons (Fsp3) is 0.263. The second-order valence-electron chi connectivity index (χ2n) is 5.71.